The predicted octanol–water partition coefficient (Wildman–Crippen LogP) is 7.82. The highest BCUT2D eigenvalue weighted by atomic mass is 16.5. The van der Waals surface area contributed by atoms with E-state index < -0.39 is 0 Å². The van der Waals surface area contributed by atoms with Crippen LogP contribution in [0.5, 0.6) is 5.75 Å². The van der Waals surface area contributed by atoms with Gasteiger partial charge in [0.2, 0.25) is 5.95 Å². The van der Waals surface area contributed by atoms with Gasteiger partial charge in [-0.1, -0.05) is 32.2 Å². The SMILES string of the molecule is C=CCNC(=O)c1cnc(Nc2ccc(N3CCN(CCCCCOc4ccc5c(c4)CN(C4CCC(=C)NC4=C)C5=O)CC3)cc2)nc1Nc1ccc2c(n1)C(CC)CC2. The fraction of sp³-hybridized carbons (Fsp3) is 0.396. The van der Waals surface area contributed by atoms with Gasteiger partial charge in [0.05, 0.1) is 12.6 Å². The second-order valence-electron chi connectivity index (χ2n) is 16.4. The molecule has 2 saturated heterocycles. The van der Waals surface area contributed by atoms with Gasteiger partial charge in [-0.05, 0) is 118 Å². The lowest BCUT2D eigenvalue weighted by Crippen LogP contribution is -2.46. The number of ether oxygens (including phenoxy) is 1. The first kappa shape index (κ1) is 41.5. The number of unbranched alkanes of at least 4 members (excludes halogenated alkanes) is 2. The molecule has 4 aromatic rings. The van der Waals surface area contributed by atoms with Crippen LogP contribution in [-0.2, 0) is 13.0 Å². The smallest absolute Gasteiger partial charge is 0.256 e. The average molecular weight is 823 g/mol. The minimum Gasteiger partial charge on any atom is -0.494 e. The monoisotopic (exact) mass is 822 g/mol. The number of rotatable bonds is 17. The zero-order chi connectivity index (χ0) is 42.3. The Balaban J connectivity index is 0.771. The second kappa shape index (κ2) is 19.0. The van der Waals surface area contributed by atoms with E-state index in [1.807, 2.05) is 41.3 Å². The van der Waals surface area contributed by atoms with E-state index in [9.17, 15) is 9.59 Å². The lowest BCUT2D eigenvalue weighted by molar-refractivity contribution is 0.0711. The Labute approximate surface area is 359 Å². The molecule has 0 saturated carbocycles. The summed E-state index contributed by atoms with van der Waals surface area (Å²) in [7, 11) is 0. The van der Waals surface area contributed by atoms with E-state index in [1.165, 1.54) is 11.3 Å². The van der Waals surface area contributed by atoms with Crippen LogP contribution >= 0.6 is 0 Å². The van der Waals surface area contributed by atoms with E-state index in [-0.39, 0.29) is 17.9 Å². The number of aryl methyl sites for hydroxylation is 1. The number of benzene rings is 2. The van der Waals surface area contributed by atoms with Crippen molar-refractivity contribution < 1.29 is 14.3 Å². The highest BCUT2D eigenvalue weighted by molar-refractivity contribution is 5.99. The van der Waals surface area contributed by atoms with Gasteiger partial charge in [0.1, 0.15) is 22.9 Å². The summed E-state index contributed by atoms with van der Waals surface area (Å²) in [5.74, 6) is 2.47. The number of amides is 2. The minimum absolute atomic E-state index is 0.0174. The Hall–Kier alpha value is -6.21. The van der Waals surface area contributed by atoms with Crippen molar-refractivity contribution in [3.63, 3.8) is 0 Å². The molecule has 2 aromatic heterocycles. The Bertz CT molecular complexity index is 2270. The molecule has 5 heterocycles. The highest BCUT2D eigenvalue weighted by Gasteiger charge is 2.35. The molecule has 2 fully saturated rings. The largest absolute Gasteiger partial charge is 0.494 e. The quantitative estimate of drug-likeness (QED) is 0.0613. The van der Waals surface area contributed by atoms with Crippen LogP contribution < -0.4 is 30.9 Å². The van der Waals surface area contributed by atoms with Gasteiger partial charge in [-0.15, -0.1) is 6.58 Å². The topological polar surface area (TPSA) is 140 Å². The summed E-state index contributed by atoms with van der Waals surface area (Å²) >= 11 is 0. The van der Waals surface area contributed by atoms with Crippen LogP contribution in [0, 0.1) is 0 Å². The van der Waals surface area contributed by atoms with Crippen LogP contribution in [0.15, 0.2) is 98.0 Å². The van der Waals surface area contributed by atoms with Gasteiger partial charge >= 0.3 is 0 Å². The number of piperazine rings is 1. The van der Waals surface area contributed by atoms with E-state index in [0.717, 1.165) is 124 Å². The van der Waals surface area contributed by atoms with Crippen molar-refractivity contribution in [3.8, 4) is 5.75 Å². The lowest BCUT2D eigenvalue weighted by atomic mass is 10.0. The van der Waals surface area contributed by atoms with Crippen LogP contribution in [0.4, 0.5) is 29.0 Å². The molecule has 2 aromatic carbocycles. The van der Waals surface area contributed by atoms with Crippen molar-refractivity contribution in [2.45, 2.75) is 76.8 Å². The standard InChI is InChI=1S/C48H58N10O3/c1-5-22-49-46(59)41-30-50-48(55-45(41)54-43-21-13-35-12-11-34(6-2)44(35)53-43)52-37-14-16-38(17-15-37)57-26-24-56(25-27-57)23-8-7-9-28-61-39-18-19-40-36(29-39)31-58(47(40)60)42-20-10-32(3)51-33(42)4/h5,13-19,21,29-30,34,42,51H,1,3-4,6-12,20,22-28,31H2,2H3,(H,49,59)(H2,50,52,53,54,55). The minimum atomic E-state index is -0.289. The summed E-state index contributed by atoms with van der Waals surface area (Å²) in [6.45, 7) is 20.7. The normalized spacial score (nSPS) is 18.7. The van der Waals surface area contributed by atoms with Crippen molar-refractivity contribution in [2.24, 2.45) is 0 Å². The molecule has 2 amide bonds. The van der Waals surface area contributed by atoms with E-state index in [1.54, 1.807) is 12.3 Å². The first-order valence-electron chi connectivity index (χ1n) is 21.8. The molecule has 61 heavy (non-hydrogen) atoms. The number of carbonyl (C=O) groups excluding carboxylic acids is 2. The van der Waals surface area contributed by atoms with Gasteiger partial charge in [0, 0.05) is 85.4 Å². The molecule has 0 spiro atoms. The molecule has 0 radical (unpaired) electrons. The van der Waals surface area contributed by atoms with Crippen molar-refractivity contribution in [2.75, 3.05) is 61.4 Å². The second-order valence-corrected chi connectivity index (χ2v) is 16.4. The van der Waals surface area contributed by atoms with Crippen LogP contribution in [0.25, 0.3) is 0 Å². The van der Waals surface area contributed by atoms with Gasteiger partial charge in [0.15, 0.2) is 0 Å². The molecule has 13 heteroatoms. The van der Waals surface area contributed by atoms with Crippen LogP contribution in [-0.4, -0.2) is 88.5 Å². The van der Waals surface area contributed by atoms with Crippen LogP contribution in [0.2, 0.25) is 0 Å². The Kier molecular flexibility index (Phi) is 12.9. The van der Waals surface area contributed by atoms with E-state index in [2.05, 4.69) is 80.9 Å². The maximum absolute atomic E-state index is 13.1. The number of aromatic nitrogens is 3. The number of fused-ring (bicyclic) bond motifs is 2. The fourth-order valence-electron chi connectivity index (χ4n) is 8.87. The molecule has 13 nitrogen and oxygen atoms in total. The Morgan fingerprint density at radius 3 is 2.57 bits per heavy atom. The summed E-state index contributed by atoms with van der Waals surface area (Å²) in [6.07, 6.45) is 11.3. The van der Waals surface area contributed by atoms with Gasteiger partial charge in [0.25, 0.3) is 11.8 Å². The molecule has 3 aliphatic heterocycles. The van der Waals surface area contributed by atoms with Gasteiger partial charge in [-0.25, -0.2) is 9.97 Å². The molecule has 318 valence electrons. The summed E-state index contributed by atoms with van der Waals surface area (Å²) in [4.78, 5) is 47.2. The number of nitrogens with zero attached hydrogens (tertiary/aromatic N) is 6. The van der Waals surface area contributed by atoms with Gasteiger partial charge in [-0.3, -0.25) is 14.5 Å². The zero-order valence-electron chi connectivity index (χ0n) is 35.3. The number of allylic oxidation sites excluding steroid dienone is 1. The number of pyridine rings is 1. The summed E-state index contributed by atoms with van der Waals surface area (Å²) in [5.41, 5.74) is 8.37. The van der Waals surface area contributed by atoms with Crippen LogP contribution in [0.1, 0.15) is 95.3 Å². The average Bonchev–Trinajstić information content (AvgIpc) is 3.84. The van der Waals surface area contributed by atoms with E-state index in [0.29, 0.717) is 48.8 Å². The summed E-state index contributed by atoms with van der Waals surface area (Å²) in [6, 6.07) is 18.3. The molecule has 4 N–H and O–H groups in total. The number of nitrogens with one attached hydrogen (secondary N) is 4. The lowest BCUT2D eigenvalue weighted by Gasteiger charge is -2.36. The van der Waals surface area contributed by atoms with Crippen molar-refractivity contribution in [1.29, 1.82) is 0 Å². The molecule has 2 atom stereocenters. The zero-order valence-corrected chi connectivity index (χ0v) is 35.3. The third kappa shape index (κ3) is 9.73. The predicted molar refractivity (Wildman–Crippen MR) is 242 cm³/mol. The number of piperidine rings is 1. The third-order valence-corrected chi connectivity index (χ3v) is 12.3. The van der Waals surface area contributed by atoms with E-state index in [4.69, 9.17) is 14.7 Å². The van der Waals surface area contributed by atoms with Crippen molar-refractivity contribution in [3.05, 3.63) is 126 Å². The van der Waals surface area contributed by atoms with Crippen molar-refractivity contribution >= 4 is 40.8 Å². The molecule has 1 aliphatic carbocycles. The maximum Gasteiger partial charge on any atom is 0.256 e. The maximum atomic E-state index is 13.1. The van der Waals surface area contributed by atoms with Crippen molar-refractivity contribution in [1.82, 2.24) is 35.4 Å². The van der Waals surface area contributed by atoms with E-state index >= 15 is 0 Å². The summed E-state index contributed by atoms with van der Waals surface area (Å²) in [5, 5.41) is 12.7. The first-order valence-corrected chi connectivity index (χ1v) is 21.8. The Morgan fingerprint density at radius 2 is 1.79 bits per heavy atom. The Morgan fingerprint density at radius 1 is 0.951 bits per heavy atom. The summed E-state index contributed by atoms with van der Waals surface area (Å²) < 4.78 is 6.12. The number of hydrogen-bond acceptors (Lipinski definition) is 11. The van der Waals surface area contributed by atoms with Gasteiger partial charge < -0.3 is 35.8 Å². The number of carbonyl (C=O) groups is 2. The van der Waals surface area contributed by atoms with Crippen LogP contribution in [0.3, 0.4) is 0 Å². The third-order valence-electron chi connectivity index (χ3n) is 12.3. The molecule has 2 unspecified atom stereocenters. The van der Waals surface area contributed by atoms with Gasteiger partial charge in [-0.2, -0.15) is 4.98 Å². The number of hydrogen-bond donors (Lipinski definition) is 4. The molecule has 8 rings (SSSR count). The molecule has 0 bridgehead atoms. The highest BCUT2D eigenvalue weighted by Crippen LogP contribution is 2.36. The number of anilines is 5. The molecular weight excluding hydrogens is 765 g/mol. The first-order chi connectivity index (χ1) is 29.8. The molecule has 4 aliphatic rings. The molecular formula is C48H58N10O3. The fourth-order valence-corrected chi connectivity index (χ4v) is 8.87.